The first-order valence-electron chi connectivity index (χ1n) is 5.35. The summed E-state index contributed by atoms with van der Waals surface area (Å²) in [7, 11) is -3.63. The summed E-state index contributed by atoms with van der Waals surface area (Å²) in [5, 5.41) is 0. The van der Waals surface area contributed by atoms with Crippen LogP contribution in [0.2, 0.25) is 0 Å². The third-order valence-electron chi connectivity index (χ3n) is 2.41. The third-order valence-corrected chi connectivity index (χ3v) is 4.20. The van der Waals surface area contributed by atoms with E-state index in [1.165, 1.54) is 36.4 Å². The standard InChI is InChI=1S/C13H10F2O3S/c14-13(15)18-10-6-8-12(9-7-10)19(16,17)11-4-2-1-3-5-11/h1-9,13H. The van der Waals surface area contributed by atoms with E-state index in [2.05, 4.69) is 4.74 Å². The van der Waals surface area contributed by atoms with Crippen LogP contribution in [0.1, 0.15) is 0 Å². The molecular formula is C13H10F2O3S. The van der Waals surface area contributed by atoms with Gasteiger partial charge in [0.15, 0.2) is 0 Å². The van der Waals surface area contributed by atoms with Gasteiger partial charge in [-0.25, -0.2) is 8.42 Å². The van der Waals surface area contributed by atoms with Crippen LogP contribution in [0.4, 0.5) is 8.78 Å². The van der Waals surface area contributed by atoms with E-state index in [1.807, 2.05) is 0 Å². The molecule has 0 atom stereocenters. The molecule has 0 aliphatic carbocycles. The molecule has 0 N–H and O–H groups in total. The Kier molecular flexibility index (Phi) is 3.80. The Balaban J connectivity index is 2.32. The van der Waals surface area contributed by atoms with Crippen LogP contribution in [0.3, 0.4) is 0 Å². The number of hydrogen-bond acceptors (Lipinski definition) is 3. The van der Waals surface area contributed by atoms with Gasteiger partial charge in [-0.2, -0.15) is 8.78 Å². The molecule has 0 aliphatic heterocycles. The maximum absolute atomic E-state index is 12.2. The molecule has 2 aromatic rings. The van der Waals surface area contributed by atoms with Crippen LogP contribution < -0.4 is 4.74 Å². The van der Waals surface area contributed by atoms with Crippen LogP contribution >= 0.6 is 0 Å². The average molecular weight is 284 g/mol. The van der Waals surface area contributed by atoms with Crippen molar-refractivity contribution in [3.8, 4) is 5.75 Å². The van der Waals surface area contributed by atoms with E-state index in [4.69, 9.17) is 0 Å². The number of sulfone groups is 1. The Bertz CT molecular complexity index is 637. The largest absolute Gasteiger partial charge is 0.435 e. The molecular weight excluding hydrogens is 274 g/mol. The lowest BCUT2D eigenvalue weighted by Crippen LogP contribution is -2.04. The highest BCUT2D eigenvalue weighted by Crippen LogP contribution is 2.23. The summed E-state index contributed by atoms with van der Waals surface area (Å²) in [5.74, 6) is -0.0815. The van der Waals surface area contributed by atoms with Gasteiger partial charge < -0.3 is 4.74 Å². The van der Waals surface area contributed by atoms with Crippen molar-refractivity contribution < 1.29 is 21.9 Å². The minimum Gasteiger partial charge on any atom is -0.435 e. The van der Waals surface area contributed by atoms with Crippen molar-refractivity contribution in [2.75, 3.05) is 0 Å². The Morgan fingerprint density at radius 2 is 1.37 bits per heavy atom. The molecule has 0 saturated carbocycles. The van der Waals surface area contributed by atoms with Crippen LogP contribution in [0.15, 0.2) is 64.4 Å². The first kappa shape index (κ1) is 13.5. The maximum atomic E-state index is 12.2. The summed E-state index contributed by atoms with van der Waals surface area (Å²) in [5.41, 5.74) is 0. The molecule has 19 heavy (non-hydrogen) atoms. The van der Waals surface area contributed by atoms with Gasteiger partial charge in [-0.05, 0) is 36.4 Å². The normalized spacial score (nSPS) is 11.5. The quantitative estimate of drug-likeness (QED) is 0.866. The monoisotopic (exact) mass is 284 g/mol. The fraction of sp³-hybridized carbons (Fsp3) is 0.0769. The lowest BCUT2D eigenvalue weighted by molar-refractivity contribution is -0.0498. The zero-order valence-corrected chi connectivity index (χ0v) is 10.5. The van der Waals surface area contributed by atoms with E-state index < -0.39 is 16.4 Å². The predicted molar refractivity (Wildman–Crippen MR) is 65.0 cm³/mol. The Labute approximate surface area is 109 Å². The van der Waals surface area contributed by atoms with E-state index in [0.29, 0.717) is 0 Å². The molecule has 0 amide bonds. The van der Waals surface area contributed by atoms with E-state index in [0.717, 1.165) is 0 Å². The maximum Gasteiger partial charge on any atom is 0.387 e. The highest BCUT2D eigenvalue weighted by atomic mass is 32.2. The lowest BCUT2D eigenvalue weighted by Gasteiger charge is -2.07. The van der Waals surface area contributed by atoms with E-state index in [1.54, 1.807) is 18.2 Å². The van der Waals surface area contributed by atoms with Gasteiger partial charge in [0.25, 0.3) is 0 Å². The van der Waals surface area contributed by atoms with Gasteiger partial charge in [-0.3, -0.25) is 0 Å². The van der Waals surface area contributed by atoms with Gasteiger partial charge in [0.2, 0.25) is 9.84 Å². The van der Waals surface area contributed by atoms with E-state index >= 15 is 0 Å². The van der Waals surface area contributed by atoms with Gasteiger partial charge in [-0.1, -0.05) is 18.2 Å². The third kappa shape index (κ3) is 3.08. The molecule has 0 bridgehead atoms. The number of benzene rings is 2. The molecule has 100 valence electrons. The van der Waals surface area contributed by atoms with Crippen molar-refractivity contribution >= 4 is 9.84 Å². The Hall–Kier alpha value is -1.95. The highest BCUT2D eigenvalue weighted by molar-refractivity contribution is 7.91. The van der Waals surface area contributed by atoms with Crippen LogP contribution in [-0.4, -0.2) is 15.0 Å². The van der Waals surface area contributed by atoms with Crippen LogP contribution in [0, 0.1) is 0 Å². The molecule has 0 aliphatic rings. The molecule has 0 spiro atoms. The molecule has 2 aromatic carbocycles. The predicted octanol–water partition coefficient (Wildman–Crippen LogP) is 3.12. The first-order chi connectivity index (χ1) is 9.00. The highest BCUT2D eigenvalue weighted by Gasteiger charge is 2.17. The average Bonchev–Trinajstić information content (AvgIpc) is 2.40. The molecule has 0 saturated heterocycles. The van der Waals surface area contributed by atoms with Crippen LogP contribution in [0.25, 0.3) is 0 Å². The zero-order valence-electron chi connectivity index (χ0n) is 9.66. The molecule has 0 unspecified atom stereocenters. The van der Waals surface area contributed by atoms with Gasteiger partial charge in [0.1, 0.15) is 5.75 Å². The Morgan fingerprint density at radius 3 is 1.89 bits per heavy atom. The van der Waals surface area contributed by atoms with Crippen molar-refractivity contribution in [1.29, 1.82) is 0 Å². The van der Waals surface area contributed by atoms with E-state index in [9.17, 15) is 17.2 Å². The molecule has 0 fully saturated rings. The van der Waals surface area contributed by atoms with Crippen molar-refractivity contribution in [1.82, 2.24) is 0 Å². The van der Waals surface area contributed by atoms with Gasteiger partial charge in [-0.15, -0.1) is 0 Å². The van der Waals surface area contributed by atoms with Gasteiger partial charge in [0, 0.05) is 0 Å². The number of rotatable bonds is 4. The van der Waals surface area contributed by atoms with Gasteiger partial charge in [0.05, 0.1) is 9.79 Å². The first-order valence-corrected chi connectivity index (χ1v) is 6.83. The smallest absolute Gasteiger partial charge is 0.387 e. The Morgan fingerprint density at radius 1 is 0.842 bits per heavy atom. The molecule has 2 rings (SSSR count). The zero-order chi connectivity index (χ0) is 13.9. The fourth-order valence-corrected chi connectivity index (χ4v) is 2.82. The number of alkyl halides is 2. The topological polar surface area (TPSA) is 43.4 Å². The summed E-state index contributed by atoms with van der Waals surface area (Å²) in [6.45, 7) is -2.93. The minimum atomic E-state index is -3.63. The van der Waals surface area contributed by atoms with Crippen molar-refractivity contribution in [2.24, 2.45) is 0 Å². The van der Waals surface area contributed by atoms with Gasteiger partial charge >= 0.3 is 6.61 Å². The second-order valence-electron chi connectivity index (χ2n) is 3.67. The minimum absolute atomic E-state index is 0.0281. The molecule has 0 aromatic heterocycles. The van der Waals surface area contributed by atoms with Crippen molar-refractivity contribution in [3.63, 3.8) is 0 Å². The summed E-state index contributed by atoms with van der Waals surface area (Å²) in [6, 6.07) is 12.7. The number of hydrogen-bond donors (Lipinski definition) is 0. The molecule has 0 heterocycles. The van der Waals surface area contributed by atoms with Crippen LogP contribution in [0.5, 0.6) is 5.75 Å². The number of halogens is 2. The second kappa shape index (κ2) is 5.36. The van der Waals surface area contributed by atoms with Crippen molar-refractivity contribution in [2.45, 2.75) is 16.4 Å². The molecule has 3 nitrogen and oxygen atoms in total. The summed E-state index contributed by atoms with van der Waals surface area (Å²) in [4.78, 5) is 0.179. The fourth-order valence-electron chi connectivity index (χ4n) is 1.54. The summed E-state index contributed by atoms with van der Waals surface area (Å²) in [6.07, 6.45) is 0. The second-order valence-corrected chi connectivity index (χ2v) is 5.62. The van der Waals surface area contributed by atoms with E-state index in [-0.39, 0.29) is 15.5 Å². The van der Waals surface area contributed by atoms with Crippen LogP contribution in [-0.2, 0) is 9.84 Å². The molecule has 0 radical (unpaired) electrons. The number of ether oxygens (including phenoxy) is 1. The van der Waals surface area contributed by atoms with Crippen molar-refractivity contribution in [3.05, 3.63) is 54.6 Å². The SMILES string of the molecule is O=S(=O)(c1ccccc1)c1ccc(OC(F)F)cc1. The molecule has 6 heteroatoms. The summed E-state index contributed by atoms with van der Waals surface area (Å²) >= 11 is 0. The lowest BCUT2D eigenvalue weighted by atomic mass is 10.3. The summed E-state index contributed by atoms with van der Waals surface area (Å²) < 4.78 is 52.5.